The molecule has 0 fully saturated rings. The average molecular weight is 323 g/mol. The number of Topliss-reactive ketones (excluding diaryl/α,β-unsaturated/α-hetero) is 1. The molecule has 5 nitrogen and oxygen atoms in total. The molecular weight excluding hydrogens is 312 g/mol. The van der Waals surface area contributed by atoms with Gasteiger partial charge in [-0.15, -0.1) is 0 Å². The lowest BCUT2D eigenvalue weighted by atomic mass is 10.1. The molecule has 1 aromatic heterocycles. The number of ketones is 1. The predicted molar refractivity (Wildman–Crippen MR) is 74.5 cm³/mol. The van der Waals surface area contributed by atoms with Gasteiger partial charge in [0.15, 0.2) is 5.78 Å². The van der Waals surface area contributed by atoms with Crippen molar-refractivity contribution >= 4 is 21.7 Å². The van der Waals surface area contributed by atoms with Crippen LogP contribution in [0.3, 0.4) is 0 Å². The Morgan fingerprint density at radius 1 is 1.32 bits per heavy atom. The van der Waals surface area contributed by atoms with Gasteiger partial charge in [0.25, 0.3) is 5.56 Å². The maximum atomic E-state index is 12.1. The second kappa shape index (κ2) is 5.36. The summed E-state index contributed by atoms with van der Waals surface area (Å²) in [5, 5.41) is 0. The molecule has 0 saturated heterocycles. The number of carbonyl (C=O) groups is 1. The summed E-state index contributed by atoms with van der Waals surface area (Å²) in [5.41, 5.74) is -0.136. The molecule has 0 radical (unpaired) electrons. The molecule has 0 aliphatic rings. The smallest absolute Gasteiger partial charge is 0.293 e. The van der Waals surface area contributed by atoms with Crippen LogP contribution in [-0.2, 0) is 6.54 Å². The Morgan fingerprint density at radius 3 is 2.68 bits per heavy atom. The minimum atomic E-state index is -0.587. The van der Waals surface area contributed by atoms with Gasteiger partial charge in [0, 0.05) is 21.8 Å². The number of aromatic amines is 1. The van der Waals surface area contributed by atoms with E-state index in [0.29, 0.717) is 15.6 Å². The van der Waals surface area contributed by atoms with Gasteiger partial charge in [-0.05, 0) is 13.0 Å². The second-order valence-corrected chi connectivity index (χ2v) is 4.96. The first kappa shape index (κ1) is 13.5. The van der Waals surface area contributed by atoms with Crippen LogP contribution in [-0.4, -0.2) is 15.3 Å². The Hall–Kier alpha value is -1.95. The zero-order valence-corrected chi connectivity index (χ0v) is 11.7. The van der Waals surface area contributed by atoms with E-state index in [-0.39, 0.29) is 12.3 Å². The van der Waals surface area contributed by atoms with Gasteiger partial charge < -0.3 is 0 Å². The molecule has 0 amide bonds. The van der Waals surface area contributed by atoms with E-state index in [0.717, 1.165) is 0 Å². The third kappa shape index (κ3) is 2.90. The monoisotopic (exact) mass is 322 g/mol. The predicted octanol–water partition coefficient (Wildman–Crippen LogP) is 1.49. The van der Waals surface area contributed by atoms with Crippen molar-refractivity contribution in [3.05, 3.63) is 66.9 Å². The van der Waals surface area contributed by atoms with Crippen molar-refractivity contribution in [1.82, 2.24) is 9.55 Å². The molecule has 2 rings (SSSR count). The summed E-state index contributed by atoms with van der Waals surface area (Å²) in [4.78, 5) is 37.1. The fourth-order valence-corrected chi connectivity index (χ4v) is 2.17. The van der Waals surface area contributed by atoms with E-state index in [2.05, 4.69) is 20.9 Å². The first-order valence-corrected chi connectivity index (χ1v) is 6.36. The van der Waals surface area contributed by atoms with E-state index >= 15 is 0 Å². The molecule has 19 heavy (non-hydrogen) atoms. The van der Waals surface area contributed by atoms with Gasteiger partial charge in [-0.25, -0.2) is 4.79 Å². The Morgan fingerprint density at radius 2 is 2.00 bits per heavy atom. The molecule has 0 bridgehead atoms. The lowest BCUT2D eigenvalue weighted by molar-refractivity contribution is 0.0969. The maximum absolute atomic E-state index is 12.1. The SMILES string of the molecule is Cc1cn(CC(=O)c2ccccc2Br)c(=O)[nH]c1=O. The van der Waals surface area contributed by atoms with Crippen molar-refractivity contribution < 1.29 is 4.79 Å². The van der Waals surface area contributed by atoms with Crippen LogP contribution in [0.2, 0.25) is 0 Å². The van der Waals surface area contributed by atoms with Gasteiger partial charge in [-0.2, -0.15) is 0 Å². The largest absolute Gasteiger partial charge is 0.328 e. The topological polar surface area (TPSA) is 71.9 Å². The Labute approximate surface area is 117 Å². The lowest BCUT2D eigenvalue weighted by Crippen LogP contribution is -2.32. The number of benzene rings is 1. The highest BCUT2D eigenvalue weighted by Gasteiger charge is 2.11. The molecule has 0 unspecified atom stereocenters. The van der Waals surface area contributed by atoms with E-state index in [1.165, 1.54) is 10.8 Å². The number of hydrogen-bond acceptors (Lipinski definition) is 3. The number of aromatic nitrogens is 2. The third-order valence-corrected chi connectivity index (χ3v) is 3.37. The molecule has 1 heterocycles. The van der Waals surface area contributed by atoms with Crippen LogP contribution in [0.25, 0.3) is 0 Å². The number of halogens is 1. The molecule has 0 aliphatic carbocycles. The van der Waals surface area contributed by atoms with Gasteiger partial charge in [0.05, 0.1) is 6.54 Å². The molecule has 6 heteroatoms. The van der Waals surface area contributed by atoms with Crippen molar-refractivity contribution in [3.63, 3.8) is 0 Å². The summed E-state index contributed by atoms with van der Waals surface area (Å²) in [6.07, 6.45) is 1.38. The molecule has 0 atom stereocenters. The minimum Gasteiger partial charge on any atom is -0.293 e. The third-order valence-electron chi connectivity index (χ3n) is 2.68. The van der Waals surface area contributed by atoms with Crippen molar-refractivity contribution in [3.8, 4) is 0 Å². The van der Waals surface area contributed by atoms with Crippen LogP contribution in [0, 0.1) is 6.92 Å². The van der Waals surface area contributed by atoms with Crippen molar-refractivity contribution in [2.24, 2.45) is 0 Å². The van der Waals surface area contributed by atoms with Crippen LogP contribution in [0.15, 0.2) is 44.5 Å². The molecule has 0 saturated carbocycles. The average Bonchev–Trinajstić information content (AvgIpc) is 2.36. The van der Waals surface area contributed by atoms with Crippen LogP contribution < -0.4 is 11.2 Å². The number of hydrogen-bond donors (Lipinski definition) is 1. The Balaban J connectivity index is 2.35. The van der Waals surface area contributed by atoms with Crippen LogP contribution in [0.5, 0.6) is 0 Å². The molecule has 2 aromatic rings. The molecular formula is C13H11BrN2O3. The summed E-state index contributed by atoms with van der Waals surface area (Å²) in [6.45, 7) is 1.47. The lowest BCUT2D eigenvalue weighted by Gasteiger charge is -2.06. The van der Waals surface area contributed by atoms with Gasteiger partial charge in [0.2, 0.25) is 0 Å². The maximum Gasteiger partial charge on any atom is 0.328 e. The number of nitrogens with zero attached hydrogens (tertiary/aromatic N) is 1. The van der Waals surface area contributed by atoms with E-state index < -0.39 is 11.2 Å². The molecule has 0 aliphatic heterocycles. The normalized spacial score (nSPS) is 10.4. The zero-order chi connectivity index (χ0) is 14.0. The summed E-state index contributed by atoms with van der Waals surface area (Å²) in [7, 11) is 0. The van der Waals surface area contributed by atoms with Gasteiger partial charge in [-0.3, -0.25) is 19.1 Å². The second-order valence-electron chi connectivity index (χ2n) is 4.10. The number of aryl methyl sites for hydroxylation is 1. The minimum absolute atomic E-state index is 0.112. The number of carbonyl (C=O) groups excluding carboxylic acids is 1. The Bertz CT molecular complexity index is 746. The standard InChI is InChI=1S/C13H11BrN2O3/c1-8-6-16(13(19)15-12(8)18)7-11(17)9-4-2-3-5-10(9)14/h2-6H,7H2,1H3,(H,15,18,19). The first-order chi connectivity index (χ1) is 8.99. The summed E-state index contributed by atoms with van der Waals surface area (Å²) in [5.74, 6) is -0.207. The fraction of sp³-hybridized carbons (Fsp3) is 0.154. The Kier molecular flexibility index (Phi) is 3.80. The van der Waals surface area contributed by atoms with Crippen LogP contribution in [0.4, 0.5) is 0 Å². The quantitative estimate of drug-likeness (QED) is 0.870. The summed E-state index contributed by atoms with van der Waals surface area (Å²) in [6, 6.07) is 6.99. The zero-order valence-electron chi connectivity index (χ0n) is 10.1. The summed E-state index contributed by atoms with van der Waals surface area (Å²) < 4.78 is 1.87. The number of H-pyrrole nitrogens is 1. The van der Waals surface area contributed by atoms with E-state index in [9.17, 15) is 14.4 Å². The van der Waals surface area contributed by atoms with Gasteiger partial charge in [0.1, 0.15) is 0 Å². The first-order valence-electron chi connectivity index (χ1n) is 5.57. The number of nitrogens with one attached hydrogen (secondary N) is 1. The molecule has 0 spiro atoms. The highest BCUT2D eigenvalue weighted by atomic mass is 79.9. The highest BCUT2D eigenvalue weighted by Crippen LogP contribution is 2.16. The van der Waals surface area contributed by atoms with Gasteiger partial charge in [-0.1, -0.05) is 34.1 Å². The summed E-state index contributed by atoms with van der Waals surface area (Å²) >= 11 is 3.29. The van der Waals surface area contributed by atoms with E-state index in [4.69, 9.17) is 0 Å². The van der Waals surface area contributed by atoms with Crippen molar-refractivity contribution in [2.45, 2.75) is 13.5 Å². The van der Waals surface area contributed by atoms with Crippen molar-refractivity contribution in [1.29, 1.82) is 0 Å². The van der Waals surface area contributed by atoms with Gasteiger partial charge >= 0.3 is 5.69 Å². The van der Waals surface area contributed by atoms with Crippen molar-refractivity contribution in [2.75, 3.05) is 0 Å². The van der Waals surface area contributed by atoms with E-state index in [1.54, 1.807) is 31.2 Å². The van der Waals surface area contributed by atoms with E-state index in [1.807, 2.05) is 0 Å². The number of rotatable bonds is 3. The van der Waals surface area contributed by atoms with Crippen LogP contribution >= 0.6 is 15.9 Å². The fourth-order valence-electron chi connectivity index (χ4n) is 1.66. The molecule has 1 N–H and O–H groups in total. The highest BCUT2D eigenvalue weighted by molar-refractivity contribution is 9.10. The van der Waals surface area contributed by atoms with Crippen LogP contribution in [0.1, 0.15) is 15.9 Å². The molecule has 98 valence electrons. The molecule has 1 aromatic carbocycles.